The molecule has 9 nitrogen and oxygen atoms in total. The number of fused-ring (bicyclic) bond motifs is 2. The van der Waals surface area contributed by atoms with E-state index in [4.69, 9.17) is 4.42 Å². The Morgan fingerprint density at radius 2 is 2.00 bits per heavy atom. The van der Waals surface area contributed by atoms with Crippen LogP contribution in [-0.4, -0.2) is 24.0 Å². The summed E-state index contributed by atoms with van der Waals surface area (Å²) in [5, 5.41) is 20.4. The van der Waals surface area contributed by atoms with Gasteiger partial charge in [0.05, 0.1) is 21.6 Å². The molecule has 0 aliphatic carbocycles. The summed E-state index contributed by atoms with van der Waals surface area (Å²) in [4.78, 5) is 14.4. The van der Waals surface area contributed by atoms with Crippen LogP contribution in [-0.2, 0) is 10.0 Å². The summed E-state index contributed by atoms with van der Waals surface area (Å²) in [6.07, 6.45) is 0. The average molecular weight is 368 g/mol. The van der Waals surface area contributed by atoms with E-state index >= 15 is 0 Å². The first-order valence-corrected chi connectivity index (χ1v) is 8.73. The topological polar surface area (TPSA) is 139 Å². The first-order chi connectivity index (χ1) is 12.4. The van der Waals surface area contributed by atoms with E-state index in [1.54, 1.807) is 18.2 Å². The fourth-order valence-corrected chi connectivity index (χ4v) is 4.01. The molecule has 1 aromatic heterocycles. The molecule has 10 heteroatoms. The van der Waals surface area contributed by atoms with E-state index in [9.17, 15) is 23.8 Å². The number of benzene rings is 2. The molecule has 0 amide bonds. The van der Waals surface area contributed by atoms with Gasteiger partial charge in [0.2, 0.25) is 5.89 Å². The highest BCUT2D eigenvalue weighted by molar-refractivity contribution is 7.90. The number of sulfonamides is 1. The van der Waals surface area contributed by atoms with Crippen molar-refractivity contribution in [1.82, 2.24) is 4.98 Å². The van der Waals surface area contributed by atoms with Gasteiger partial charge in [-0.1, -0.05) is 18.2 Å². The number of aromatic nitrogens is 1. The molecule has 0 unspecified atom stereocenters. The second-order valence-corrected chi connectivity index (χ2v) is 7.04. The van der Waals surface area contributed by atoms with Gasteiger partial charge in [0.25, 0.3) is 15.7 Å². The van der Waals surface area contributed by atoms with Crippen molar-refractivity contribution >= 4 is 32.5 Å². The summed E-state index contributed by atoms with van der Waals surface area (Å²) in [6.45, 7) is 0. The van der Waals surface area contributed by atoms with E-state index in [1.165, 1.54) is 24.3 Å². The average Bonchev–Trinajstić information content (AvgIpc) is 3.14. The molecule has 0 spiro atoms. The van der Waals surface area contributed by atoms with E-state index < -0.39 is 20.9 Å². The van der Waals surface area contributed by atoms with E-state index in [2.05, 4.69) is 9.38 Å². The number of hydrogen-bond acceptors (Lipinski definition) is 7. The Labute approximate surface area is 146 Å². The van der Waals surface area contributed by atoms with Gasteiger partial charge in [-0.15, -0.1) is 0 Å². The van der Waals surface area contributed by atoms with Gasteiger partial charge in [0, 0.05) is 17.7 Å². The third-order valence-corrected chi connectivity index (χ3v) is 5.26. The van der Waals surface area contributed by atoms with Gasteiger partial charge in [0.1, 0.15) is 5.52 Å². The van der Waals surface area contributed by atoms with Gasteiger partial charge in [-0.05, 0) is 12.1 Å². The van der Waals surface area contributed by atoms with Crippen LogP contribution >= 0.6 is 0 Å². The molecule has 1 aliphatic rings. The highest BCUT2D eigenvalue weighted by atomic mass is 32.2. The Balaban J connectivity index is 1.86. The summed E-state index contributed by atoms with van der Waals surface area (Å²) in [7, 11) is -3.89. The van der Waals surface area contributed by atoms with E-state index in [-0.39, 0.29) is 33.3 Å². The Morgan fingerprint density at radius 1 is 1.23 bits per heavy atom. The lowest BCUT2D eigenvalue weighted by Gasteiger charge is -2.05. The third-order valence-electron chi connectivity index (χ3n) is 3.91. The minimum absolute atomic E-state index is 0.0157. The molecule has 0 fully saturated rings. The van der Waals surface area contributed by atoms with Crippen molar-refractivity contribution in [2.24, 2.45) is 4.40 Å². The van der Waals surface area contributed by atoms with Crippen LogP contribution in [0.4, 0.5) is 5.69 Å². The number of nitro groups is 1. The monoisotopic (exact) mass is 368 g/mol. The maximum atomic E-state index is 12.2. The molecule has 26 heavy (non-hydrogen) atoms. The van der Waals surface area contributed by atoms with Gasteiger partial charge in [-0.2, -0.15) is 18.1 Å². The lowest BCUT2D eigenvalue weighted by Crippen LogP contribution is -2.11. The van der Waals surface area contributed by atoms with Crippen molar-refractivity contribution in [3.05, 3.63) is 64.0 Å². The number of hydrogen-bond donors (Lipinski definition) is 0. The quantitative estimate of drug-likeness (QED) is 0.511. The molecule has 2 aromatic carbocycles. The number of nitriles is 1. The summed E-state index contributed by atoms with van der Waals surface area (Å²) in [5.41, 5.74) is 0.609. The molecule has 0 saturated carbocycles. The van der Waals surface area contributed by atoms with Crippen LogP contribution in [0.1, 0.15) is 17.4 Å². The normalized spacial score (nSPS) is 15.9. The Hall–Kier alpha value is -3.58. The zero-order chi connectivity index (χ0) is 18.5. The maximum absolute atomic E-state index is 12.2. The summed E-state index contributed by atoms with van der Waals surface area (Å²) in [6, 6.07) is 12.0. The van der Waals surface area contributed by atoms with Crippen LogP contribution in [0, 0.1) is 21.4 Å². The Morgan fingerprint density at radius 3 is 2.73 bits per heavy atom. The predicted molar refractivity (Wildman–Crippen MR) is 89.2 cm³/mol. The smallest absolute Gasteiger partial charge is 0.283 e. The largest absolute Gasteiger partial charge is 0.439 e. The van der Waals surface area contributed by atoms with Crippen LogP contribution in [0.25, 0.3) is 11.1 Å². The van der Waals surface area contributed by atoms with Crippen LogP contribution in [0.15, 0.2) is 56.2 Å². The minimum Gasteiger partial charge on any atom is -0.439 e. The first kappa shape index (κ1) is 15.9. The molecule has 0 bridgehead atoms. The van der Waals surface area contributed by atoms with Gasteiger partial charge < -0.3 is 4.42 Å². The van der Waals surface area contributed by atoms with Crippen molar-refractivity contribution in [2.75, 3.05) is 0 Å². The lowest BCUT2D eigenvalue weighted by atomic mass is 9.98. The van der Waals surface area contributed by atoms with Crippen LogP contribution in [0.2, 0.25) is 0 Å². The molecule has 0 radical (unpaired) electrons. The summed E-state index contributed by atoms with van der Waals surface area (Å²) >= 11 is 0. The van der Waals surface area contributed by atoms with E-state index in [1.807, 2.05) is 6.07 Å². The second-order valence-electron chi connectivity index (χ2n) is 5.47. The van der Waals surface area contributed by atoms with E-state index in [0.29, 0.717) is 5.56 Å². The Kier molecular flexibility index (Phi) is 3.35. The number of non-ortho nitro benzene ring substituents is 1. The summed E-state index contributed by atoms with van der Waals surface area (Å²) in [5.74, 6) is -1.24. The third kappa shape index (κ3) is 2.34. The van der Waals surface area contributed by atoms with Crippen molar-refractivity contribution in [3.8, 4) is 6.07 Å². The second kappa shape index (κ2) is 5.47. The molecule has 4 rings (SSSR count). The lowest BCUT2D eigenvalue weighted by molar-refractivity contribution is -0.384. The van der Waals surface area contributed by atoms with Crippen LogP contribution < -0.4 is 0 Å². The Bertz CT molecular complexity index is 1250. The number of nitro benzene ring substituents is 1. The maximum Gasteiger partial charge on any atom is 0.283 e. The zero-order valence-electron chi connectivity index (χ0n) is 12.9. The van der Waals surface area contributed by atoms with Gasteiger partial charge in [0.15, 0.2) is 11.5 Å². The number of rotatable bonds is 3. The zero-order valence-corrected chi connectivity index (χ0v) is 13.7. The van der Waals surface area contributed by atoms with Crippen molar-refractivity contribution in [3.63, 3.8) is 0 Å². The highest BCUT2D eigenvalue weighted by Gasteiger charge is 2.36. The molecule has 2 heterocycles. The number of oxazole rings is 1. The minimum atomic E-state index is -3.89. The standard InChI is InChI=1S/C16H8N4O5S/c17-8-11(15-10-3-1-2-4-14(10)26(23,24)19-15)16-18-12-7-9(20(21)22)5-6-13(12)25-16/h1-7,11H/t11-/m1/s1. The SMILES string of the molecule is N#C[C@H](C1=NS(=O)(=O)c2ccccc21)c1nc2cc([N+](=O)[O-])ccc2o1. The number of nitrogens with zero attached hydrogens (tertiary/aromatic N) is 4. The predicted octanol–water partition coefficient (Wildman–Crippen LogP) is 2.53. The fraction of sp³-hybridized carbons (Fsp3) is 0.0625. The van der Waals surface area contributed by atoms with Crippen molar-refractivity contribution in [1.29, 1.82) is 5.26 Å². The fourth-order valence-electron chi connectivity index (χ4n) is 2.74. The molecule has 0 N–H and O–H groups in total. The van der Waals surface area contributed by atoms with Gasteiger partial charge in [-0.3, -0.25) is 10.1 Å². The van der Waals surface area contributed by atoms with Crippen molar-refractivity contribution in [2.45, 2.75) is 10.8 Å². The van der Waals surface area contributed by atoms with E-state index in [0.717, 1.165) is 0 Å². The molecule has 0 saturated heterocycles. The first-order valence-electron chi connectivity index (χ1n) is 7.29. The summed E-state index contributed by atoms with van der Waals surface area (Å²) < 4.78 is 33.6. The van der Waals surface area contributed by atoms with Gasteiger partial charge >= 0.3 is 0 Å². The molecule has 1 aliphatic heterocycles. The molecule has 1 atom stereocenters. The molecular weight excluding hydrogens is 360 g/mol. The molecular formula is C16H8N4O5S. The van der Waals surface area contributed by atoms with Crippen LogP contribution in [0.3, 0.4) is 0 Å². The molecule has 128 valence electrons. The van der Waals surface area contributed by atoms with Crippen molar-refractivity contribution < 1.29 is 17.8 Å². The highest BCUT2D eigenvalue weighted by Crippen LogP contribution is 2.34. The van der Waals surface area contributed by atoms with Crippen LogP contribution in [0.5, 0.6) is 0 Å². The molecule has 3 aromatic rings. The van der Waals surface area contributed by atoms with Gasteiger partial charge in [-0.25, -0.2) is 4.98 Å².